The summed E-state index contributed by atoms with van der Waals surface area (Å²) < 4.78 is 36.8. The van der Waals surface area contributed by atoms with Gasteiger partial charge in [0, 0.05) is 67.6 Å². The number of ether oxygens (including phenoxy) is 4. The molecule has 2 saturated heterocycles. The van der Waals surface area contributed by atoms with E-state index in [9.17, 15) is 28.4 Å². The number of likely N-dealkylation sites (tertiary alicyclic amines) is 1. The van der Waals surface area contributed by atoms with E-state index in [-0.39, 0.29) is 92.5 Å². The number of nitrogens with zero attached hydrogens (tertiary/aromatic N) is 2. The number of benzene rings is 2. The van der Waals surface area contributed by atoms with Gasteiger partial charge in [-0.25, -0.2) is 4.39 Å². The summed E-state index contributed by atoms with van der Waals surface area (Å²) >= 11 is 0. The van der Waals surface area contributed by atoms with E-state index in [0.717, 1.165) is 53.6 Å². The minimum atomic E-state index is -0.464. The molecular formula is C49H56FN5O9. The third kappa shape index (κ3) is 12.8. The predicted octanol–water partition coefficient (Wildman–Crippen LogP) is 6.03. The van der Waals surface area contributed by atoms with E-state index in [1.807, 2.05) is 42.2 Å². The van der Waals surface area contributed by atoms with Crippen LogP contribution in [0, 0.1) is 29.8 Å². The van der Waals surface area contributed by atoms with E-state index < -0.39 is 5.92 Å². The Labute approximate surface area is 372 Å². The molecule has 3 fully saturated rings. The van der Waals surface area contributed by atoms with Crippen LogP contribution in [0.5, 0.6) is 11.5 Å². The van der Waals surface area contributed by atoms with Gasteiger partial charge in [0.25, 0.3) is 5.91 Å². The second-order valence-corrected chi connectivity index (χ2v) is 16.7. The Morgan fingerprint density at radius 3 is 2.39 bits per heavy atom. The van der Waals surface area contributed by atoms with E-state index in [2.05, 4.69) is 33.1 Å². The van der Waals surface area contributed by atoms with Gasteiger partial charge in [0.1, 0.15) is 17.7 Å². The number of piperidine rings is 2. The maximum atomic E-state index is 14.0. The summed E-state index contributed by atoms with van der Waals surface area (Å²) in [4.78, 5) is 67.8. The van der Waals surface area contributed by atoms with Crippen LogP contribution in [-0.2, 0) is 33.4 Å². The number of aromatic nitrogens is 1. The largest absolute Gasteiger partial charge is 0.490 e. The number of halogens is 1. The van der Waals surface area contributed by atoms with Crippen molar-refractivity contribution in [1.29, 1.82) is 0 Å². The van der Waals surface area contributed by atoms with Crippen molar-refractivity contribution in [3.05, 3.63) is 95.9 Å². The van der Waals surface area contributed by atoms with Gasteiger partial charge in [-0.3, -0.25) is 34.3 Å². The average Bonchev–Trinajstić information content (AvgIpc) is 3.31. The van der Waals surface area contributed by atoms with Crippen molar-refractivity contribution in [3.63, 3.8) is 0 Å². The summed E-state index contributed by atoms with van der Waals surface area (Å²) in [5.74, 6) is -0.167. The second-order valence-electron chi connectivity index (χ2n) is 16.7. The summed E-state index contributed by atoms with van der Waals surface area (Å²) in [6.07, 6.45) is 7.93. The summed E-state index contributed by atoms with van der Waals surface area (Å²) in [6.45, 7) is 4.47. The quantitative estimate of drug-likeness (QED) is 0.0746. The lowest BCUT2D eigenvalue weighted by atomic mass is 9.73. The fourth-order valence-corrected chi connectivity index (χ4v) is 8.69. The molecule has 3 aromatic carbocycles. The Bertz CT molecular complexity index is 2220. The zero-order chi connectivity index (χ0) is 44.8. The molecule has 3 N–H and O–H groups in total. The lowest BCUT2D eigenvalue weighted by molar-refractivity contribution is -0.135. The number of carbonyl (C=O) groups excluding carboxylic acids is 5. The van der Waals surface area contributed by atoms with Gasteiger partial charge in [0.15, 0.2) is 12.4 Å². The maximum absolute atomic E-state index is 14.0. The predicted molar refractivity (Wildman–Crippen MR) is 235 cm³/mol. The molecule has 0 bridgehead atoms. The molecule has 14 nitrogen and oxygen atoms in total. The van der Waals surface area contributed by atoms with Crippen LogP contribution in [-0.4, -0.2) is 98.2 Å². The fraction of sp³-hybridized carbons (Fsp3) is 0.469. The molecule has 1 aliphatic carbocycles. The van der Waals surface area contributed by atoms with E-state index in [0.29, 0.717) is 62.8 Å². The molecule has 0 radical (unpaired) electrons. The van der Waals surface area contributed by atoms with Gasteiger partial charge in [0.05, 0.1) is 44.3 Å². The van der Waals surface area contributed by atoms with Gasteiger partial charge in [-0.1, -0.05) is 13.0 Å². The van der Waals surface area contributed by atoms with E-state index in [1.54, 1.807) is 30.5 Å². The Balaban J connectivity index is 0.696. The molecule has 5 amide bonds. The summed E-state index contributed by atoms with van der Waals surface area (Å²) in [7, 11) is 0. The first kappa shape index (κ1) is 45.9. The van der Waals surface area contributed by atoms with Crippen LogP contribution in [0.15, 0.2) is 66.9 Å². The minimum Gasteiger partial charge on any atom is -0.490 e. The zero-order valence-electron chi connectivity index (χ0n) is 36.2. The monoisotopic (exact) mass is 877 g/mol. The van der Waals surface area contributed by atoms with Crippen molar-refractivity contribution in [2.24, 2.45) is 11.8 Å². The molecule has 2 aliphatic heterocycles. The first-order valence-corrected chi connectivity index (χ1v) is 22.3. The Morgan fingerprint density at radius 1 is 0.891 bits per heavy atom. The van der Waals surface area contributed by atoms with Crippen LogP contribution in [0.4, 0.5) is 10.1 Å². The Hall–Kier alpha value is -6.11. The summed E-state index contributed by atoms with van der Waals surface area (Å²) in [5, 5.41) is 8.98. The molecule has 1 aromatic heterocycles. The number of pyridine rings is 1. The first-order chi connectivity index (χ1) is 31.1. The number of anilines is 1. The summed E-state index contributed by atoms with van der Waals surface area (Å²) in [6, 6.07) is 23.2. The van der Waals surface area contributed by atoms with Gasteiger partial charge >= 0.3 is 0 Å². The fourth-order valence-electron chi connectivity index (χ4n) is 8.69. The number of fused-ring (bicyclic) bond motifs is 1. The van der Waals surface area contributed by atoms with Crippen molar-refractivity contribution in [3.8, 4) is 11.5 Å². The minimum absolute atomic E-state index is 0.000564. The van der Waals surface area contributed by atoms with Crippen LogP contribution in [0.3, 0.4) is 0 Å². The molecule has 338 valence electrons. The average molecular weight is 878 g/mol. The number of nitrogens with one attached hydrogen (secondary N) is 3. The number of rotatable bonds is 19. The molecule has 7 rings (SSSR count). The first-order valence-electron chi connectivity index (χ1n) is 22.3. The Morgan fingerprint density at radius 2 is 1.66 bits per heavy atom. The van der Waals surface area contributed by atoms with Gasteiger partial charge < -0.3 is 34.5 Å². The van der Waals surface area contributed by atoms with Crippen LogP contribution >= 0.6 is 0 Å². The molecule has 0 spiro atoms. The molecule has 1 saturated carbocycles. The molecule has 3 heterocycles. The van der Waals surface area contributed by atoms with E-state index in [1.165, 1.54) is 6.07 Å². The highest BCUT2D eigenvalue weighted by molar-refractivity contribution is 6.00. The third-order valence-corrected chi connectivity index (χ3v) is 12.4. The van der Waals surface area contributed by atoms with Crippen LogP contribution in [0.2, 0.25) is 0 Å². The normalized spacial score (nSPS) is 19.6. The standard InChI is InChI=1S/C49H56FN5O9/c1-32(33-2-4-34(5-3-33)41-18-22-51-44-16-8-36(50)30-43(41)44)48(59)53-37-9-13-39(14-10-37)64-40-19-24-55(25-20-40)47(58)21-26-61-28-29-62-27-23-52-46(57)31-63-38-11-6-35(7-12-38)42-15-17-45(56)54-49(42)60/h6,8-11,13-14,16,18,22,30,32-34,40,42H,2-5,15,17,19-21,23-29,31H2,1H3,(H,52,57)(H,53,59)(H,54,56,60)/t32-,33?,34?,42?/m1/s1. The van der Waals surface area contributed by atoms with Gasteiger partial charge in [-0.05, 0) is 116 Å². The van der Waals surface area contributed by atoms with Crippen LogP contribution in [0.1, 0.15) is 87.7 Å². The maximum Gasteiger partial charge on any atom is 0.258 e. The number of hydrogen-bond acceptors (Lipinski definition) is 10. The Kier molecular flexibility index (Phi) is 16.1. The number of hydrogen-bond donors (Lipinski definition) is 3. The third-order valence-electron chi connectivity index (χ3n) is 12.4. The molecular weight excluding hydrogens is 822 g/mol. The van der Waals surface area contributed by atoms with Crippen molar-refractivity contribution in [1.82, 2.24) is 20.5 Å². The summed E-state index contributed by atoms with van der Waals surface area (Å²) in [5.41, 5.74) is 3.27. The number of amides is 5. The molecule has 2 atom stereocenters. The second kappa shape index (κ2) is 22.5. The lowest BCUT2D eigenvalue weighted by Gasteiger charge is -2.32. The van der Waals surface area contributed by atoms with Gasteiger partial charge in [-0.2, -0.15) is 0 Å². The van der Waals surface area contributed by atoms with Gasteiger partial charge in [-0.15, -0.1) is 0 Å². The van der Waals surface area contributed by atoms with E-state index in [4.69, 9.17) is 18.9 Å². The number of imide groups is 1. The van der Waals surface area contributed by atoms with Crippen molar-refractivity contribution in [2.45, 2.75) is 82.7 Å². The highest BCUT2D eigenvalue weighted by atomic mass is 19.1. The molecule has 15 heteroatoms. The molecule has 1 unspecified atom stereocenters. The van der Waals surface area contributed by atoms with Crippen LogP contribution < -0.4 is 25.4 Å². The number of carbonyl (C=O) groups is 5. The van der Waals surface area contributed by atoms with Crippen LogP contribution in [0.25, 0.3) is 10.9 Å². The molecule has 64 heavy (non-hydrogen) atoms. The highest BCUT2D eigenvalue weighted by Gasteiger charge is 2.31. The van der Waals surface area contributed by atoms with Crippen molar-refractivity contribution in [2.75, 3.05) is 58.0 Å². The van der Waals surface area contributed by atoms with E-state index >= 15 is 0 Å². The lowest BCUT2D eigenvalue weighted by Crippen LogP contribution is -2.42. The van der Waals surface area contributed by atoms with Crippen molar-refractivity contribution >= 4 is 46.1 Å². The van der Waals surface area contributed by atoms with Gasteiger partial charge in [0.2, 0.25) is 23.6 Å². The molecule has 3 aliphatic rings. The smallest absolute Gasteiger partial charge is 0.258 e. The molecule has 4 aromatic rings. The zero-order valence-corrected chi connectivity index (χ0v) is 36.2. The van der Waals surface area contributed by atoms with Crippen molar-refractivity contribution < 1.29 is 47.3 Å². The topological polar surface area (TPSA) is 174 Å². The SMILES string of the molecule is C[C@@H](C(=O)Nc1ccc(OC2CCN(C(=O)CCOCCOCCNC(=O)COc3c#cc(C4CCC(=O)NC4=O)cc3)CC2)cc1)C1CCC(c2ccnc3ccc(F)cc23)CC1. The highest BCUT2D eigenvalue weighted by Crippen LogP contribution is 2.41.